The summed E-state index contributed by atoms with van der Waals surface area (Å²) >= 11 is 6.05. The summed E-state index contributed by atoms with van der Waals surface area (Å²) in [6.45, 7) is 0. The van der Waals surface area contributed by atoms with Gasteiger partial charge in [-0.25, -0.2) is 0 Å². The second kappa shape index (κ2) is 4.75. The van der Waals surface area contributed by atoms with E-state index >= 15 is 0 Å². The zero-order valence-electron chi connectivity index (χ0n) is 5.89. The van der Waals surface area contributed by atoms with E-state index in [1.54, 1.807) is 0 Å². The highest BCUT2D eigenvalue weighted by Crippen LogP contribution is 2.28. The minimum Gasteiger partial charge on any atom is -0.0925 e. The van der Waals surface area contributed by atoms with Crippen molar-refractivity contribution in [3.8, 4) is 0 Å². The van der Waals surface area contributed by atoms with Gasteiger partial charge in [-0.15, -0.1) is 0 Å². The van der Waals surface area contributed by atoms with Gasteiger partial charge in [-0.05, 0) is 24.7 Å². The van der Waals surface area contributed by atoms with Crippen LogP contribution in [0.15, 0.2) is 12.2 Å². The summed E-state index contributed by atoms with van der Waals surface area (Å²) in [6, 6.07) is 0. The van der Waals surface area contributed by atoms with Crippen LogP contribution in [0.25, 0.3) is 0 Å². The normalized spacial score (nSPS) is 32.6. The summed E-state index contributed by atoms with van der Waals surface area (Å²) in [4.78, 5) is 0. The van der Waals surface area contributed by atoms with Gasteiger partial charge in [-0.3, -0.25) is 0 Å². The highest BCUT2D eigenvalue weighted by Gasteiger charge is 2.19. The molecule has 0 amide bonds. The Balaban J connectivity index is 2.45. The first kappa shape index (κ1) is 9.04. The van der Waals surface area contributed by atoms with Crippen LogP contribution in [-0.4, -0.2) is 9.76 Å². The maximum atomic E-state index is 3.55. The van der Waals surface area contributed by atoms with Gasteiger partial charge in [-0.2, -0.15) is 0 Å². The average molecular weight is 315 g/mol. The van der Waals surface area contributed by atoms with E-state index in [0.717, 1.165) is 11.8 Å². The monoisotopic (exact) mass is 314 g/mol. The van der Waals surface area contributed by atoms with Crippen molar-refractivity contribution in [2.75, 3.05) is 9.76 Å². The van der Waals surface area contributed by atoms with E-state index in [0.29, 0.717) is 0 Å². The molecule has 1 aliphatic carbocycles. The van der Waals surface area contributed by atoms with Crippen molar-refractivity contribution in [3.05, 3.63) is 12.2 Å². The predicted molar refractivity (Wildman–Crippen MR) is 58.0 cm³/mol. The van der Waals surface area contributed by atoms with E-state index in [1.165, 1.54) is 22.6 Å². The van der Waals surface area contributed by atoms with Crippen LogP contribution >= 0.6 is 38.5 Å². The third-order valence-corrected chi connectivity index (χ3v) is 4.07. The van der Waals surface area contributed by atoms with Gasteiger partial charge in [0.1, 0.15) is 0 Å². The number of hydrogen-bond acceptors (Lipinski definition) is 0. The fourth-order valence-electron chi connectivity index (χ4n) is 1.30. The molecule has 0 nitrogen and oxygen atoms in total. The molecular weight excluding hydrogens is 303 g/mol. The van der Waals surface area contributed by atoms with Crippen molar-refractivity contribution >= 4 is 38.5 Å². The van der Waals surface area contributed by atoms with Crippen molar-refractivity contribution in [3.63, 3.8) is 0 Å². The highest BCUT2D eigenvalue weighted by atomic mass is 127. The van der Waals surface area contributed by atoms with Crippen molar-refractivity contribution in [2.24, 2.45) is 11.8 Å². The Morgan fingerprint density at radius 3 is 2.30 bits per heavy atom. The van der Waals surface area contributed by atoms with Crippen LogP contribution < -0.4 is 0 Å². The zero-order chi connectivity index (χ0) is 7.40. The van der Waals surface area contributed by atoms with E-state index in [9.17, 15) is 0 Å². The van der Waals surface area contributed by atoms with Crippen LogP contribution in [0.5, 0.6) is 0 Å². The number of alkyl halides is 2. The fourth-order valence-corrected chi connectivity index (χ4v) is 3.18. The maximum Gasteiger partial charge on any atom is 0.00656 e. The summed E-state index contributed by atoms with van der Waals surface area (Å²) in [5.74, 6) is 1.81. The fraction of sp³-hybridized carbons (Fsp3) is 0.750. The van der Waals surface area contributed by atoms with Crippen LogP contribution in [-0.2, 0) is 0 Å². The molecule has 2 unspecified atom stereocenters. The van der Waals surface area contributed by atoms with Gasteiger partial charge < -0.3 is 0 Å². The molecule has 0 aliphatic heterocycles. The minimum absolute atomic E-state index is 0.891. The number of rotatable bonds is 2. The lowest BCUT2D eigenvalue weighted by Crippen LogP contribution is -2.18. The third-order valence-electron chi connectivity index (χ3n) is 2.11. The lowest BCUT2D eigenvalue weighted by atomic mass is 9.86. The molecule has 0 bridgehead atoms. The molecule has 0 N–H and O–H groups in total. The van der Waals surface area contributed by atoms with Gasteiger partial charge >= 0.3 is 0 Å². The standard InChI is InChI=1S/C8H12BrI/c9-5-7-3-1-2-4-8(7)6-10/h1-2,7-8H,3-6H2. The summed E-state index contributed by atoms with van der Waals surface area (Å²) in [5, 5.41) is 1.17. The van der Waals surface area contributed by atoms with Crippen molar-refractivity contribution in [2.45, 2.75) is 12.8 Å². The van der Waals surface area contributed by atoms with Crippen LogP contribution in [0, 0.1) is 11.8 Å². The van der Waals surface area contributed by atoms with E-state index in [4.69, 9.17) is 0 Å². The van der Waals surface area contributed by atoms with E-state index < -0.39 is 0 Å². The largest absolute Gasteiger partial charge is 0.0925 e. The predicted octanol–water partition coefficient (Wildman–Crippen LogP) is 3.40. The van der Waals surface area contributed by atoms with Gasteiger partial charge in [0.15, 0.2) is 0 Å². The molecule has 1 aliphatic rings. The van der Waals surface area contributed by atoms with Gasteiger partial charge in [0, 0.05) is 9.76 Å². The smallest absolute Gasteiger partial charge is 0.00656 e. The zero-order valence-corrected chi connectivity index (χ0v) is 9.64. The topological polar surface area (TPSA) is 0 Å². The van der Waals surface area contributed by atoms with Gasteiger partial charge in [0.25, 0.3) is 0 Å². The minimum atomic E-state index is 0.891. The maximum absolute atomic E-state index is 3.55. The number of allylic oxidation sites excluding steroid dienone is 2. The molecule has 0 spiro atoms. The first-order chi connectivity index (χ1) is 4.88. The molecule has 0 radical (unpaired) electrons. The molecular formula is C8H12BrI. The van der Waals surface area contributed by atoms with Crippen LogP contribution in [0.4, 0.5) is 0 Å². The molecule has 0 aromatic rings. The first-order valence-electron chi connectivity index (χ1n) is 3.65. The van der Waals surface area contributed by atoms with E-state index in [-0.39, 0.29) is 0 Å². The van der Waals surface area contributed by atoms with Crippen LogP contribution in [0.3, 0.4) is 0 Å². The average Bonchev–Trinajstić information content (AvgIpc) is 2.04. The molecule has 2 heteroatoms. The Labute approximate surface area is 84.7 Å². The lowest BCUT2D eigenvalue weighted by molar-refractivity contribution is 0.400. The first-order valence-corrected chi connectivity index (χ1v) is 6.30. The quantitative estimate of drug-likeness (QED) is 0.416. The van der Waals surface area contributed by atoms with Gasteiger partial charge in [0.05, 0.1) is 0 Å². The molecule has 0 aromatic heterocycles. The van der Waals surface area contributed by atoms with Crippen molar-refractivity contribution < 1.29 is 0 Å². The van der Waals surface area contributed by atoms with Gasteiger partial charge in [-0.1, -0.05) is 50.7 Å². The third kappa shape index (κ3) is 2.22. The second-order valence-corrected chi connectivity index (χ2v) is 4.30. The summed E-state index contributed by atoms with van der Waals surface area (Å²) < 4.78 is 1.30. The summed E-state index contributed by atoms with van der Waals surface area (Å²) in [6.07, 6.45) is 7.20. The second-order valence-electron chi connectivity index (χ2n) is 2.77. The lowest BCUT2D eigenvalue weighted by Gasteiger charge is -2.24. The molecule has 0 saturated carbocycles. The molecule has 0 aromatic carbocycles. The summed E-state index contributed by atoms with van der Waals surface area (Å²) in [7, 11) is 0. The SMILES string of the molecule is BrCC1CC=CCC1CI. The molecule has 0 heterocycles. The van der Waals surface area contributed by atoms with Crippen molar-refractivity contribution in [1.29, 1.82) is 0 Å². The van der Waals surface area contributed by atoms with Crippen LogP contribution in [0.1, 0.15) is 12.8 Å². The Bertz CT molecular complexity index is 108. The Morgan fingerprint density at radius 2 is 1.90 bits per heavy atom. The molecule has 10 heavy (non-hydrogen) atoms. The number of hydrogen-bond donors (Lipinski definition) is 0. The number of halogens is 2. The van der Waals surface area contributed by atoms with Crippen LogP contribution in [0.2, 0.25) is 0 Å². The molecule has 1 rings (SSSR count). The molecule has 0 saturated heterocycles. The highest BCUT2D eigenvalue weighted by molar-refractivity contribution is 14.1. The molecule has 0 fully saturated rings. The Hall–Kier alpha value is 0.950. The van der Waals surface area contributed by atoms with Gasteiger partial charge in [0.2, 0.25) is 0 Å². The van der Waals surface area contributed by atoms with E-state index in [1.807, 2.05) is 0 Å². The Kier molecular flexibility index (Phi) is 4.30. The molecule has 2 atom stereocenters. The van der Waals surface area contributed by atoms with Crippen molar-refractivity contribution in [1.82, 2.24) is 0 Å². The molecule has 58 valence electrons. The summed E-state index contributed by atoms with van der Waals surface area (Å²) in [5.41, 5.74) is 0. The van der Waals surface area contributed by atoms with E-state index in [2.05, 4.69) is 50.7 Å². The Morgan fingerprint density at radius 1 is 1.30 bits per heavy atom.